The summed E-state index contributed by atoms with van der Waals surface area (Å²) in [6.45, 7) is -0.122. The van der Waals surface area contributed by atoms with Gasteiger partial charge in [-0.25, -0.2) is 4.79 Å². The number of benzene rings is 1. The first-order valence-corrected chi connectivity index (χ1v) is 7.73. The number of carbonyl (C=O) groups is 1. The minimum Gasteiger partial charge on any atom is -0.467 e. The van der Waals surface area contributed by atoms with Crippen molar-refractivity contribution in [1.82, 2.24) is 9.55 Å². The van der Waals surface area contributed by atoms with Gasteiger partial charge in [0.2, 0.25) is 0 Å². The topological polar surface area (TPSA) is 121 Å². The Labute approximate surface area is 151 Å². The third-order valence-electron chi connectivity index (χ3n) is 3.55. The molecule has 0 aliphatic carbocycles. The number of amides is 1. The highest BCUT2D eigenvalue weighted by Gasteiger charge is 2.17. The smallest absolute Gasteiger partial charge is 0.328 e. The van der Waals surface area contributed by atoms with E-state index < -0.39 is 17.2 Å². The fourth-order valence-electron chi connectivity index (χ4n) is 2.28. The van der Waals surface area contributed by atoms with Crippen molar-refractivity contribution in [3.05, 3.63) is 85.5 Å². The summed E-state index contributed by atoms with van der Waals surface area (Å²) in [6.07, 6.45) is 2.43. The van der Waals surface area contributed by atoms with Crippen molar-refractivity contribution >= 4 is 23.2 Å². The van der Waals surface area contributed by atoms with Crippen LogP contribution >= 0.6 is 11.6 Å². The molecule has 0 atom stereocenters. The molecular formula is C17H11ClN4O4. The number of carbonyl (C=O) groups excluding carboxylic acids is 1. The lowest BCUT2D eigenvalue weighted by atomic mass is 10.2. The van der Waals surface area contributed by atoms with Gasteiger partial charge in [0.1, 0.15) is 17.4 Å². The van der Waals surface area contributed by atoms with Crippen molar-refractivity contribution in [3.8, 4) is 6.07 Å². The first-order valence-electron chi connectivity index (χ1n) is 7.35. The minimum atomic E-state index is -0.789. The molecule has 8 nitrogen and oxygen atoms in total. The van der Waals surface area contributed by atoms with Gasteiger partial charge in [-0.05, 0) is 30.3 Å². The maximum absolute atomic E-state index is 12.5. The first-order chi connectivity index (χ1) is 12.5. The van der Waals surface area contributed by atoms with Crippen LogP contribution in [-0.2, 0) is 6.54 Å². The number of rotatable bonds is 4. The number of anilines is 1. The Bertz CT molecular complexity index is 1120. The molecule has 0 spiro atoms. The van der Waals surface area contributed by atoms with E-state index in [2.05, 4.69) is 10.3 Å². The first kappa shape index (κ1) is 17.3. The largest absolute Gasteiger partial charge is 0.467 e. The van der Waals surface area contributed by atoms with Crippen LogP contribution in [0.1, 0.15) is 21.7 Å². The van der Waals surface area contributed by atoms with E-state index in [-0.39, 0.29) is 23.4 Å². The van der Waals surface area contributed by atoms with Crippen LogP contribution in [0.2, 0.25) is 5.02 Å². The van der Waals surface area contributed by atoms with Crippen molar-refractivity contribution in [2.24, 2.45) is 0 Å². The highest BCUT2D eigenvalue weighted by atomic mass is 35.5. The second-order valence-electron chi connectivity index (χ2n) is 5.23. The molecule has 0 unspecified atom stereocenters. The lowest BCUT2D eigenvalue weighted by Gasteiger charge is -2.08. The average Bonchev–Trinajstić information content (AvgIpc) is 3.12. The molecule has 2 heterocycles. The maximum atomic E-state index is 12.5. The summed E-state index contributed by atoms with van der Waals surface area (Å²) in [4.78, 5) is 39.2. The lowest BCUT2D eigenvalue weighted by molar-refractivity contribution is 0.102. The van der Waals surface area contributed by atoms with Gasteiger partial charge < -0.3 is 14.7 Å². The van der Waals surface area contributed by atoms with Crippen LogP contribution in [0.5, 0.6) is 0 Å². The van der Waals surface area contributed by atoms with Crippen LogP contribution in [0, 0.1) is 11.3 Å². The molecule has 0 radical (unpaired) electrons. The van der Waals surface area contributed by atoms with Crippen molar-refractivity contribution < 1.29 is 9.21 Å². The Balaban J connectivity index is 1.96. The molecule has 0 aliphatic rings. The summed E-state index contributed by atoms with van der Waals surface area (Å²) >= 11 is 5.88. The van der Waals surface area contributed by atoms with E-state index in [4.69, 9.17) is 21.3 Å². The zero-order valence-electron chi connectivity index (χ0n) is 13.2. The number of aromatic nitrogens is 2. The van der Waals surface area contributed by atoms with E-state index in [1.54, 1.807) is 12.1 Å². The third kappa shape index (κ3) is 3.43. The minimum absolute atomic E-state index is 0.122. The highest BCUT2D eigenvalue weighted by molar-refractivity contribution is 6.31. The molecule has 0 aliphatic heterocycles. The second kappa shape index (κ2) is 7.13. The molecule has 0 saturated heterocycles. The van der Waals surface area contributed by atoms with E-state index in [0.717, 1.165) is 10.8 Å². The Hall–Kier alpha value is -3.57. The Morgan fingerprint density at radius 1 is 1.35 bits per heavy atom. The number of hydrogen-bond acceptors (Lipinski definition) is 5. The number of nitriles is 1. The van der Waals surface area contributed by atoms with Crippen molar-refractivity contribution in [1.29, 1.82) is 5.26 Å². The zero-order valence-corrected chi connectivity index (χ0v) is 13.9. The predicted octanol–water partition coefficient (Wildman–Crippen LogP) is 1.96. The lowest BCUT2D eigenvalue weighted by Crippen LogP contribution is -2.39. The fourth-order valence-corrected chi connectivity index (χ4v) is 2.45. The molecule has 130 valence electrons. The molecule has 26 heavy (non-hydrogen) atoms. The van der Waals surface area contributed by atoms with Crippen LogP contribution in [0.4, 0.5) is 5.69 Å². The summed E-state index contributed by atoms with van der Waals surface area (Å²) in [5.41, 5.74) is -1.41. The Morgan fingerprint density at radius 2 is 2.15 bits per heavy atom. The van der Waals surface area contributed by atoms with Gasteiger partial charge in [0.15, 0.2) is 0 Å². The average molecular weight is 371 g/mol. The molecule has 9 heteroatoms. The van der Waals surface area contributed by atoms with Gasteiger partial charge in [0.25, 0.3) is 11.5 Å². The van der Waals surface area contributed by atoms with Gasteiger partial charge in [0, 0.05) is 11.2 Å². The standard InChI is InChI=1S/C17H11ClN4O4/c18-11-4-3-10(7-19)14(6-11)21-15(23)13-8-20-17(25)22(16(13)24)9-12-2-1-5-26-12/h1-6,8H,9H2,(H,20,25)(H,21,23). The molecule has 3 aromatic rings. The summed E-state index contributed by atoms with van der Waals surface area (Å²) in [5.74, 6) is -0.394. The molecular weight excluding hydrogens is 360 g/mol. The van der Waals surface area contributed by atoms with E-state index in [0.29, 0.717) is 10.8 Å². The van der Waals surface area contributed by atoms with Crippen molar-refractivity contribution in [3.63, 3.8) is 0 Å². The quantitative estimate of drug-likeness (QED) is 0.727. The van der Waals surface area contributed by atoms with Gasteiger partial charge in [-0.2, -0.15) is 5.26 Å². The number of H-pyrrole nitrogens is 1. The number of hydrogen-bond donors (Lipinski definition) is 2. The molecule has 0 bridgehead atoms. The van der Waals surface area contributed by atoms with Crippen molar-refractivity contribution in [2.45, 2.75) is 6.54 Å². The second-order valence-corrected chi connectivity index (χ2v) is 5.67. The fraction of sp³-hybridized carbons (Fsp3) is 0.0588. The van der Waals surface area contributed by atoms with Crippen LogP contribution in [0.15, 0.2) is 56.8 Å². The van der Waals surface area contributed by atoms with Crippen LogP contribution in [0.3, 0.4) is 0 Å². The van der Waals surface area contributed by atoms with E-state index >= 15 is 0 Å². The SMILES string of the molecule is N#Cc1ccc(Cl)cc1NC(=O)c1c[nH]c(=O)n(Cc2ccco2)c1=O. The van der Waals surface area contributed by atoms with Gasteiger partial charge in [-0.3, -0.25) is 14.2 Å². The third-order valence-corrected chi connectivity index (χ3v) is 3.78. The maximum Gasteiger partial charge on any atom is 0.328 e. The van der Waals surface area contributed by atoms with Gasteiger partial charge in [0.05, 0.1) is 24.1 Å². The van der Waals surface area contributed by atoms with Gasteiger partial charge in [-0.15, -0.1) is 0 Å². The number of nitrogens with one attached hydrogen (secondary N) is 2. The summed E-state index contributed by atoms with van der Waals surface area (Å²) < 4.78 is 5.97. The van der Waals surface area contributed by atoms with Crippen LogP contribution in [0.25, 0.3) is 0 Å². The van der Waals surface area contributed by atoms with Gasteiger partial charge in [-0.1, -0.05) is 11.6 Å². The van der Waals surface area contributed by atoms with Crippen molar-refractivity contribution in [2.75, 3.05) is 5.32 Å². The number of furan rings is 1. The van der Waals surface area contributed by atoms with E-state index in [9.17, 15) is 14.4 Å². The number of aromatic amines is 1. The van der Waals surface area contributed by atoms with Crippen LogP contribution < -0.4 is 16.6 Å². The van der Waals surface area contributed by atoms with Crippen LogP contribution in [-0.4, -0.2) is 15.5 Å². The summed E-state index contributed by atoms with van der Waals surface area (Å²) in [7, 11) is 0. The number of halogens is 1. The summed E-state index contributed by atoms with van der Waals surface area (Å²) in [6, 6.07) is 9.48. The monoisotopic (exact) mass is 370 g/mol. The van der Waals surface area contributed by atoms with Gasteiger partial charge >= 0.3 is 5.69 Å². The van der Waals surface area contributed by atoms with E-state index in [1.165, 1.54) is 24.5 Å². The molecule has 0 saturated carbocycles. The molecule has 0 fully saturated rings. The molecule has 1 amide bonds. The molecule has 2 N–H and O–H groups in total. The molecule has 2 aromatic heterocycles. The zero-order chi connectivity index (χ0) is 18.7. The summed E-state index contributed by atoms with van der Waals surface area (Å²) in [5, 5.41) is 11.9. The predicted molar refractivity (Wildman–Crippen MR) is 93.3 cm³/mol. The highest BCUT2D eigenvalue weighted by Crippen LogP contribution is 2.20. The van der Waals surface area contributed by atoms with E-state index in [1.807, 2.05) is 6.07 Å². The molecule has 1 aromatic carbocycles. The molecule has 3 rings (SSSR count). The Morgan fingerprint density at radius 3 is 2.85 bits per heavy atom. The Kier molecular flexibility index (Phi) is 4.73. The normalized spacial score (nSPS) is 10.3. The number of nitrogens with zero attached hydrogens (tertiary/aromatic N) is 2.